The van der Waals surface area contributed by atoms with Crippen LogP contribution in [0.1, 0.15) is 15.2 Å². The Hall–Kier alpha value is -2.83. The number of thiophene rings is 1. The van der Waals surface area contributed by atoms with E-state index in [-0.39, 0.29) is 11.8 Å². The van der Waals surface area contributed by atoms with E-state index in [4.69, 9.17) is 16.3 Å². The maximum Gasteiger partial charge on any atom is 0.262 e. The van der Waals surface area contributed by atoms with Gasteiger partial charge in [0.05, 0.1) is 11.4 Å². The number of benzene rings is 2. The van der Waals surface area contributed by atoms with Crippen LogP contribution in [0.3, 0.4) is 0 Å². The molecule has 0 spiro atoms. The van der Waals surface area contributed by atoms with Crippen LogP contribution in [0.25, 0.3) is 0 Å². The van der Waals surface area contributed by atoms with Gasteiger partial charge in [-0.1, -0.05) is 48.0 Å². The van der Waals surface area contributed by atoms with E-state index in [1.807, 2.05) is 35.7 Å². The third-order valence-electron chi connectivity index (χ3n) is 4.13. The highest BCUT2D eigenvalue weighted by atomic mass is 35.5. The Morgan fingerprint density at radius 1 is 1.00 bits per heavy atom. The average Bonchev–Trinajstić information content (AvgIpc) is 3.28. The van der Waals surface area contributed by atoms with E-state index in [1.54, 1.807) is 36.4 Å². The number of carbonyl (C=O) groups excluding carboxylic acids is 2. The van der Waals surface area contributed by atoms with Crippen molar-refractivity contribution >= 4 is 34.8 Å². The summed E-state index contributed by atoms with van der Waals surface area (Å²) in [6.45, 7) is 0.631. The minimum absolute atomic E-state index is 0.251. The number of carbonyl (C=O) groups is 2. The largest absolute Gasteiger partial charge is 0.492 e. The van der Waals surface area contributed by atoms with Gasteiger partial charge in [0.25, 0.3) is 5.91 Å². The lowest BCUT2D eigenvalue weighted by Crippen LogP contribution is -2.48. The van der Waals surface area contributed by atoms with E-state index in [1.165, 1.54) is 11.3 Å². The van der Waals surface area contributed by atoms with Gasteiger partial charge < -0.3 is 15.4 Å². The van der Waals surface area contributed by atoms with Gasteiger partial charge in [0.2, 0.25) is 5.91 Å². The van der Waals surface area contributed by atoms with Crippen molar-refractivity contribution in [2.75, 3.05) is 13.2 Å². The summed E-state index contributed by atoms with van der Waals surface area (Å²) in [6.07, 6.45) is 0.405. The normalized spacial score (nSPS) is 11.5. The van der Waals surface area contributed by atoms with Gasteiger partial charge in [-0.05, 0) is 41.3 Å². The molecular formula is C22H21ClN2O3S. The third-order valence-corrected chi connectivity index (χ3v) is 5.25. The summed E-state index contributed by atoms with van der Waals surface area (Å²) in [5.41, 5.74) is 0.969. The van der Waals surface area contributed by atoms with Crippen molar-refractivity contribution in [2.45, 2.75) is 12.5 Å². The number of ether oxygens (including phenoxy) is 1. The maximum atomic E-state index is 12.7. The highest BCUT2D eigenvalue weighted by Gasteiger charge is 2.22. The van der Waals surface area contributed by atoms with Crippen molar-refractivity contribution in [3.63, 3.8) is 0 Å². The Kier molecular flexibility index (Phi) is 7.67. The first kappa shape index (κ1) is 20.9. The smallest absolute Gasteiger partial charge is 0.262 e. The number of halogens is 1. The molecule has 0 aliphatic rings. The zero-order valence-corrected chi connectivity index (χ0v) is 17.2. The van der Waals surface area contributed by atoms with Crippen molar-refractivity contribution < 1.29 is 14.3 Å². The highest BCUT2D eigenvalue weighted by Crippen LogP contribution is 2.15. The summed E-state index contributed by atoms with van der Waals surface area (Å²) in [7, 11) is 0. The summed E-state index contributed by atoms with van der Waals surface area (Å²) in [5.74, 6) is 0.169. The zero-order chi connectivity index (χ0) is 20.5. The zero-order valence-electron chi connectivity index (χ0n) is 15.6. The molecule has 1 aromatic heterocycles. The number of rotatable bonds is 9. The van der Waals surface area contributed by atoms with Gasteiger partial charge in [0.1, 0.15) is 18.4 Å². The molecule has 150 valence electrons. The maximum absolute atomic E-state index is 12.7. The highest BCUT2D eigenvalue weighted by molar-refractivity contribution is 7.12. The van der Waals surface area contributed by atoms with Crippen LogP contribution >= 0.6 is 22.9 Å². The molecule has 2 amide bonds. The van der Waals surface area contributed by atoms with Crippen LogP contribution in [0.2, 0.25) is 5.02 Å². The van der Waals surface area contributed by atoms with Gasteiger partial charge in [0, 0.05) is 11.4 Å². The van der Waals surface area contributed by atoms with Crippen molar-refractivity contribution in [3.8, 4) is 5.75 Å². The second-order valence-corrected chi connectivity index (χ2v) is 7.67. The average molecular weight is 429 g/mol. The number of hydrogen-bond acceptors (Lipinski definition) is 4. The molecule has 1 heterocycles. The molecule has 3 aromatic rings. The molecule has 1 atom stereocenters. The predicted octanol–water partition coefficient (Wildman–Crippen LogP) is 3.94. The van der Waals surface area contributed by atoms with Crippen LogP contribution in [0.5, 0.6) is 5.75 Å². The van der Waals surface area contributed by atoms with Gasteiger partial charge in [-0.3, -0.25) is 9.59 Å². The van der Waals surface area contributed by atoms with Gasteiger partial charge in [-0.25, -0.2) is 0 Å². The second-order valence-electron chi connectivity index (χ2n) is 6.29. The summed E-state index contributed by atoms with van der Waals surface area (Å²) >= 11 is 7.19. The third kappa shape index (κ3) is 6.62. The van der Waals surface area contributed by atoms with Crippen molar-refractivity contribution in [1.82, 2.24) is 10.6 Å². The van der Waals surface area contributed by atoms with Gasteiger partial charge in [-0.2, -0.15) is 0 Å². The van der Waals surface area contributed by atoms with Crippen LogP contribution in [0.4, 0.5) is 0 Å². The molecule has 7 heteroatoms. The Bertz CT molecular complexity index is 915. The molecule has 0 aliphatic carbocycles. The SMILES string of the molecule is O=C(N[C@@H](Cc1ccccc1)C(=O)NCCOc1ccc(Cl)cc1)c1cccs1. The fourth-order valence-electron chi connectivity index (χ4n) is 2.69. The molecule has 29 heavy (non-hydrogen) atoms. The fraction of sp³-hybridized carbons (Fsp3) is 0.182. The van der Waals surface area contributed by atoms with Crippen LogP contribution in [-0.2, 0) is 11.2 Å². The molecule has 0 aliphatic heterocycles. The van der Waals surface area contributed by atoms with E-state index in [0.29, 0.717) is 35.2 Å². The minimum atomic E-state index is -0.678. The first-order valence-electron chi connectivity index (χ1n) is 9.16. The molecule has 0 saturated carbocycles. The van der Waals surface area contributed by atoms with E-state index >= 15 is 0 Å². The molecule has 5 nitrogen and oxygen atoms in total. The second kappa shape index (κ2) is 10.6. The quantitative estimate of drug-likeness (QED) is 0.507. The Morgan fingerprint density at radius 3 is 2.45 bits per heavy atom. The van der Waals surface area contributed by atoms with E-state index in [0.717, 1.165) is 5.56 Å². The van der Waals surface area contributed by atoms with Gasteiger partial charge in [-0.15, -0.1) is 11.3 Å². The lowest BCUT2D eigenvalue weighted by molar-refractivity contribution is -0.123. The molecular weight excluding hydrogens is 408 g/mol. The van der Waals surface area contributed by atoms with E-state index < -0.39 is 6.04 Å². The molecule has 3 rings (SSSR count). The first-order chi connectivity index (χ1) is 14.1. The monoisotopic (exact) mass is 428 g/mol. The van der Waals surface area contributed by atoms with E-state index in [9.17, 15) is 9.59 Å². The summed E-state index contributed by atoms with van der Waals surface area (Å²) in [5, 5.41) is 8.13. The lowest BCUT2D eigenvalue weighted by Gasteiger charge is -2.18. The lowest BCUT2D eigenvalue weighted by atomic mass is 10.1. The number of amides is 2. The van der Waals surface area contributed by atoms with Crippen LogP contribution < -0.4 is 15.4 Å². The topological polar surface area (TPSA) is 67.4 Å². The number of nitrogens with one attached hydrogen (secondary N) is 2. The van der Waals surface area contributed by atoms with Crippen molar-refractivity contribution in [2.24, 2.45) is 0 Å². The molecule has 0 bridgehead atoms. The fourth-order valence-corrected chi connectivity index (χ4v) is 3.45. The first-order valence-corrected chi connectivity index (χ1v) is 10.4. The Balaban J connectivity index is 1.55. The standard InChI is InChI=1S/C22H21ClN2O3S/c23-17-8-10-18(11-9-17)28-13-12-24-21(26)19(15-16-5-2-1-3-6-16)25-22(27)20-7-4-14-29-20/h1-11,14,19H,12-13,15H2,(H,24,26)(H,25,27)/t19-/m0/s1. The molecule has 0 unspecified atom stereocenters. The predicted molar refractivity (Wildman–Crippen MR) is 116 cm³/mol. The number of hydrogen-bond donors (Lipinski definition) is 2. The van der Waals surface area contributed by atoms with Crippen LogP contribution in [-0.4, -0.2) is 31.0 Å². The Labute approximate surface area is 178 Å². The van der Waals surface area contributed by atoms with Crippen LogP contribution in [0.15, 0.2) is 72.1 Å². The van der Waals surface area contributed by atoms with Gasteiger partial charge in [0.15, 0.2) is 0 Å². The molecule has 0 radical (unpaired) electrons. The summed E-state index contributed by atoms with van der Waals surface area (Å²) < 4.78 is 5.59. The molecule has 2 aromatic carbocycles. The minimum Gasteiger partial charge on any atom is -0.492 e. The van der Waals surface area contributed by atoms with Crippen molar-refractivity contribution in [1.29, 1.82) is 0 Å². The van der Waals surface area contributed by atoms with Crippen LogP contribution in [0, 0.1) is 0 Å². The summed E-state index contributed by atoms with van der Waals surface area (Å²) in [4.78, 5) is 25.7. The Morgan fingerprint density at radius 2 is 1.76 bits per heavy atom. The molecule has 0 fully saturated rings. The van der Waals surface area contributed by atoms with Crippen molar-refractivity contribution in [3.05, 3.63) is 87.6 Å². The molecule has 0 saturated heterocycles. The van der Waals surface area contributed by atoms with Gasteiger partial charge >= 0.3 is 0 Å². The van der Waals surface area contributed by atoms with E-state index in [2.05, 4.69) is 10.6 Å². The molecule has 2 N–H and O–H groups in total. The summed E-state index contributed by atoms with van der Waals surface area (Å²) in [6, 6.07) is 19.5.